The highest BCUT2D eigenvalue weighted by Crippen LogP contribution is 2.55. The van der Waals surface area contributed by atoms with Crippen molar-refractivity contribution in [2.45, 2.75) is 77.8 Å². The summed E-state index contributed by atoms with van der Waals surface area (Å²) < 4.78 is 0. The molecule has 136 valence electrons. The minimum absolute atomic E-state index is 0.0204. The zero-order valence-electron chi connectivity index (χ0n) is 15.9. The summed E-state index contributed by atoms with van der Waals surface area (Å²) >= 11 is 0. The van der Waals surface area contributed by atoms with E-state index in [2.05, 4.69) is 10.3 Å². The molecule has 1 aromatic rings. The number of carbonyl (C=O) groups is 2. The van der Waals surface area contributed by atoms with E-state index in [4.69, 9.17) is 0 Å². The fraction of sp³-hybridized carbons (Fsp3) is 0.714. The average molecular weight is 342 g/mol. The molecule has 0 aliphatic heterocycles. The summed E-state index contributed by atoms with van der Waals surface area (Å²) in [6, 6.07) is -0.215. The molecule has 1 atom stereocenters. The van der Waals surface area contributed by atoms with Crippen LogP contribution in [-0.4, -0.2) is 28.1 Å². The van der Waals surface area contributed by atoms with Crippen LogP contribution in [0.1, 0.15) is 84.5 Å². The van der Waals surface area contributed by atoms with Crippen molar-refractivity contribution in [3.05, 3.63) is 22.5 Å². The largest absolute Gasteiger partial charge is 0.355 e. The molecule has 1 aromatic heterocycles. The Morgan fingerprint density at radius 1 is 1.08 bits per heavy atom. The van der Waals surface area contributed by atoms with E-state index in [0.717, 1.165) is 29.0 Å². The molecular weight excluding hydrogens is 312 g/mol. The number of hydrogen-bond acceptors (Lipinski definition) is 3. The Kier molecular flexibility index (Phi) is 3.95. The molecule has 4 heteroatoms. The van der Waals surface area contributed by atoms with Gasteiger partial charge in [-0.1, -0.05) is 0 Å². The van der Waals surface area contributed by atoms with Gasteiger partial charge in [0.2, 0.25) is 0 Å². The Bertz CT molecular complexity index is 695. The maximum absolute atomic E-state index is 13.1. The second-order valence-electron chi connectivity index (χ2n) is 9.11. The molecule has 0 unspecified atom stereocenters. The van der Waals surface area contributed by atoms with Crippen molar-refractivity contribution in [3.63, 3.8) is 0 Å². The normalized spacial score (nSPS) is 34.3. The number of carbonyl (C=O) groups excluding carboxylic acids is 2. The van der Waals surface area contributed by atoms with Gasteiger partial charge in [0, 0.05) is 16.8 Å². The number of aryl methyl sites for hydroxylation is 1. The van der Waals surface area contributed by atoms with Crippen LogP contribution in [0.4, 0.5) is 0 Å². The van der Waals surface area contributed by atoms with Crippen LogP contribution in [0.3, 0.4) is 0 Å². The highest BCUT2D eigenvalue weighted by Gasteiger charge is 2.51. The number of Topliss-reactive ketones (excluding diaryl/α,β-unsaturated/α-hetero) is 2. The van der Waals surface area contributed by atoms with E-state index in [1.165, 1.54) is 38.5 Å². The minimum Gasteiger partial charge on any atom is -0.355 e. The second kappa shape index (κ2) is 5.80. The van der Waals surface area contributed by atoms with Crippen LogP contribution in [0.5, 0.6) is 0 Å². The summed E-state index contributed by atoms with van der Waals surface area (Å²) in [5, 5.41) is 3.75. The van der Waals surface area contributed by atoms with Crippen molar-refractivity contribution >= 4 is 11.6 Å². The molecule has 25 heavy (non-hydrogen) atoms. The van der Waals surface area contributed by atoms with E-state index < -0.39 is 0 Å². The lowest BCUT2D eigenvalue weighted by Gasteiger charge is -2.57. The molecule has 5 rings (SSSR count). The fourth-order valence-corrected chi connectivity index (χ4v) is 6.55. The lowest BCUT2D eigenvalue weighted by Crippen LogP contribution is -2.61. The Morgan fingerprint density at radius 2 is 1.60 bits per heavy atom. The molecule has 0 saturated heterocycles. The summed E-state index contributed by atoms with van der Waals surface area (Å²) in [6.45, 7) is 7.31. The number of hydrogen-bond donors (Lipinski definition) is 2. The molecule has 0 spiro atoms. The summed E-state index contributed by atoms with van der Waals surface area (Å²) in [7, 11) is 0. The van der Waals surface area contributed by atoms with Crippen LogP contribution >= 0.6 is 0 Å². The lowest BCUT2D eigenvalue weighted by molar-refractivity contribution is -0.0232. The predicted octanol–water partition coefficient (Wildman–Crippen LogP) is 3.96. The van der Waals surface area contributed by atoms with Crippen molar-refractivity contribution in [1.82, 2.24) is 10.3 Å². The van der Waals surface area contributed by atoms with Crippen LogP contribution in [-0.2, 0) is 0 Å². The molecule has 4 aliphatic rings. The Morgan fingerprint density at radius 3 is 2.04 bits per heavy atom. The number of H-pyrrole nitrogens is 1. The van der Waals surface area contributed by atoms with Gasteiger partial charge in [-0.2, -0.15) is 0 Å². The first-order chi connectivity index (χ1) is 11.8. The molecule has 4 fully saturated rings. The van der Waals surface area contributed by atoms with Crippen molar-refractivity contribution in [2.24, 2.45) is 17.8 Å². The van der Waals surface area contributed by atoms with Gasteiger partial charge in [-0.15, -0.1) is 0 Å². The van der Waals surface area contributed by atoms with Gasteiger partial charge in [0.15, 0.2) is 11.6 Å². The average Bonchev–Trinajstić information content (AvgIpc) is 2.79. The van der Waals surface area contributed by atoms with Crippen LogP contribution in [0, 0.1) is 31.6 Å². The van der Waals surface area contributed by atoms with Gasteiger partial charge >= 0.3 is 0 Å². The highest BCUT2D eigenvalue weighted by atomic mass is 16.1. The summed E-state index contributed by atoms with van der Waals surface area (Å²) in [6.07, 6.45) is 7.91. The second-order valence-corrected chi connectivity index (χ2v) is 9.11. The summed E-state index contributed by atoms with van der Waals surface area (Å²) in [5.41, 5.74) is 3.05. The molecule has 0 radical (unpaired) electrons. The number of aromatic nitrogens is 1. The molecular formula is C21H30N2O2. The van der Waals surface area contributed by atoms with Gasteiger partial charge in [-0.05, 0) is 89.5 Å². The number of aromatic amines is 1. The molecule has 4 bridgehead atoms. The Hall–Kier alpha value is -1.42. The van der Waals surface area contributed by atoms with Crippen molar-refractivity contribution < 1.29 is 9.59 Å². The van der Waals surface area contributed by atoms with E-state index in [1.54, 1.807) is 6.92 Å². The standard InChI is InChI=1S/C21H30N2O2/c1-11-18(14(4)24)12(2)22-19(11)20(25)13(3)23-21-8-15-5-16(9-21)7-17(6-15)10-21/h13,15-17,22-23H,5-10H2,1-4H3/t13-,15?,16?,17?,21?/m0/s1. The van der Waals surface area contributed by atoms with E-state index in [0.29, 0.717) is 11.3 Å². The van der Waals surface area contributed by atoms with Crippen LogP contribution in [0.2, 0.25) is 0 Å². The quantitative estimate of drug-likeness (QED) is 0.796. The molecule has 4 aliphatic carbocycles. The van der Waals surface area contributed by atoms with Crippen LogP contribution < -0.4 is 5.32 Å². The van der Waals surface area contributed by atoms with E-state index >= 15 is 0 Å². The van der Waals surface area contributed by atoms with Crippen LogP contribution in [0.25, 0.3) is 0 Å². The Balaban J connectivity index is 1.54. The van der Waals surface area contributed by atoms with Crippen LogP contribution in [0.15, 0.2) is 0 Å². The van der Waals surface area contributed by atoms with Gasteiger partial charge in [0.25, 0.3) is 0 Å². The SMILES string of the molecule is CC(=O)c1c(C)[nH]c(C(=O)[C@H](C)NC23CC4CC(CC(C4)C2)C3)c1C. The number of nitrogens with one attached hydrogen (secondary N) is 2. The van der Waals surface area contributed by atoms with Gasteiger partial charge in [0.05, 0.1) is 11.7 Å². The third kappa shape index (κ3) is 2.79. The first kappa shape index (κ1) is 17.0. The smallest absolute Gasteiger partial charge is 0.195 e. The lowest BCUT2D eigenvalue weighted by atomic mass is 9.53. The number of ketones is 2. The van der Waals surface area contributed by atoms with Gasteiger partial charge in [-0.25, -0.2) is 0 Å². The van der Waals surface area contributed by atoms with Crippen molar-refractivity contribution in [1.29, 1.82) is 0 Å². The van der Waals surface area contributed by atoms with E-state index in [-0.39, 0.29) is 23.1 Å². The first-order valence-electron chi connectivity index (χ1n) is 9.80. The topological polar surface area (TPSA) is 62.0 Å². The minimum atomic E-state index is -0.215. The first-order valence-corrected chi connectivity index (χ1v) is 9.80. The molecule has 2 N–H and O–H groups in total. The maximum Gasteiger partial charge on any atom is 0.195 e. The third-order valence-corrected chi connectivity index (χ3v) is 6.99. The van der Waals surface area contributed by atoms with E-state index in [9.17, 15) is 9.59 Å². The van der Waals surface area contributed by atoms with E-state index in [1.807, 2.05) is 20.8 Å². The van der Waals surface area contributed by atoms with Gasteiger partial charge in [0.1, 0.15) is 0 Å². The third-order valence-electron chi connectivity index (χ3n) is 6.99. The predicted molar refractivity (Wildman–Crippen MR) is 98.1 cm³/mol. The van der Waals surface area contributed by atoms with Gasteiger partial charge < -0.3 is 10.3 Å². The maximum atomic E-state index is 13.1. The van der Waals surface area contributed by atoms with Crippen molar-refractivity contribution in [3.8, 4) is 0 Å². The highest BCUT2D eigenvalue weighted by molar-refractivity contribution is 6.05. The van der Waals surface area contributed by atoms with Gasteiger partial charge in [-0.3, -0.25) is 9.59 Å². The Labute approximate surface area is 150 Å². The summed E-state index contributed by atoms with van der Waals surface area (Å²) in [4.78, 5) is 28.1. The molecule has 4 saturated carbocycles. The zero-order chi connectivity index (χ0) is 17.9. The molecule has 0 amide bonds. The molecule has 4 nitrogen and oxygen atoms in total. The summed E-state index contributed by atoms with van der Waals surface area (Å²) in [5.74, 6) is 2.69. The fourth-order valence-electron chi connectivity index (χ4n) is 6.55. The monoisotopic (exact) mass is 342 g/mol. The zero-order valence-corrected chi connectivity index (χ0v) is 15.9. The number of rotatable bonds is 5. The molecule has 1 heterocycles. The van der Waals surface area contributed by atoms with Crippen molar-refractivity contribution in [2.75, 3.05) is 0 Å². The molecule has 0 aromatic carbocycles.